The number of halogens is 2. The molecule has 0 radical (unpaired) electrons. The Balaban J connectivity index is 1.70. The van der Waals surface area contributed by atoms with Gasteiger partial charge in [0.15, 0.2) is 21.2 Å². The van der Waals surface area contributed by atoms with Crippen LogP contribution in [0.25, 0.3) is 6.08 Å². The SMILES string of the molecule is COc1cc(C=C[C@H]2C3=CCn4c(=O)n(C)c(=O)n4[C@@H]3C[C@@]3(Cl)C(=O)N(C)C(=O)[C@@]23Cl)ccc1O. The maximum absolute atomic E-state index is 13.3. The fourth-order valence-electron chi connectivity index (χ4n) is 5.37. The number of phenols is 1. The molecule has 184 valence electrons. The molecule has 1 saturated carbocycles. The second-order valence-electron chi connectivity index (χ2n) is 8.93. The summed E-state index contributed by atoms with van der Waals surface area (Å²) in [5, 5.41) is 9.89. The third kappa shape index (κ3) is 2.89. The number of nitrogens with zero attached hydrogens (tertiary/aromatic N) is 4. The van der Waals surface area contributed by atoms with E-state index in [0.29, 0.717) is 11.1 Å². The van der Waals surface area contributed by atoms with E-state index in [2.05, 4.69) is 0 Å². The third-order valence-electron chi connectivity index (χ3n) is 7.21. The maximum atomic E-state index is 13.3. The van der Waals surface area contributed by atoms with E-state index >= 15 is 0 Å². The summed E-state index contributed by atoms with van der Waals surface area (Å²) in [6.45, 7) is 0.0956. The molecule has 2 amide bonds. The van der Waals surface area contributed by atoms with Crippen molar-refractivity contribution in [2.45, 2.75) is 28.8 Å². The van der Waals surface area contributed by atoms with Crippen molar-refractivity contribution >= 4 is 41.1 Å². The van der Waals surface area contributed by atoms with Crippen molar-refractivity contribution in [1.82, 2.24) is 18.8 Å². The van der Waals surface area contributed by atoms with Crippen LogP contribution in [0.5, 0.6) is 11.5 Å². The minimum Gasteiger partial charge on any atom is -0.504 e. The van der Waals surface area contributed by atoms with Crippen LogP contribution in [0, 0.1) is 5.92 Å². The number of methoxy groups -OCH3 is 1. The number of aromatic hydroxyl groups is 1. The lowest BCUT2D eigenvalue weighted by atomic mass is 9.66. The summed E-state index contributed by atoms with van der Waals surface area (Å²) in [6.07, 6.45) is 4.97. The minimum absolute atomic E-state index is 0.0365. The van der Waals surface area contributed by atoms with Crippen molar-refractivity contribution in [3.05, 3.63) is 62.5 Å². The van der Waals surface area contributed by atoms with Gasteiger partial charge in [0.25, 0.3) is 11.8 Å². The Labute approximate surface area is 209 Å². The van der Waals surface area contributed by atoms with Crippen LogP contribution < -0.4 is 16.1 Å². The molecule has 5 rings (SSSR count). The van der Waals surface area contributed by atoms with Gasteiger partial charge in [-0.3, -0.25) is 14.5 Å². The van der Waals surface area contributed by atoms with Crippen molar-refractivity contribution in [2.75, 3.05) is 14.2 Å². The molecule has 0 bridgehead atoms. The number of carbonyl (C=O) groups excluding carboxylic acids is 2. The van der Waals surface area contributed by atoms with Crippen LogP contribution in [0.2, 0.25) is 0 Å². The maximum Gasteiger partial charge on any atom is 0.347 e. The van der Waals surface area contributed by atoms with Crippen LogP contribution in [-0.4, -0.2) is 59.7 Å². The van der Waals surface area contributed by atoms with E-state index in [0.717, 1.165) is 9.47 Å². The summed E-state index contributed by atoms with van der Waals surface area (Å²) < 4.78 is 8.72. The van der Waals surface area contributed by atoms with E-state index in [1.807, 2.05) is 0 Å². The Morgan fingerprint density at radius 1 is 1.11 bits per heavy atom. The number of phenolic OH excluding ortho intramolecular Hbond substituents is 1. The highest BCUT2D eigenvalue weighted by Crippen LogP contribution is 2.60. The number of carbonyl (C=O) groups is 2. The number of imide groups is 1. The first-order valence-corrected chi connectivity index (χ1v) is 11.6. The van der Waals surface area contributed by atoms with Gasteiger partial charge in [-0.25, -0.2) is 23.5 Å². The van der Waals surface area contributed by atoms with Crippen molar-refractivity contribution < 1.29 is 19.4 Å². The van der Waals surface area contributed by atoms with Gasteiger partial charge in [-0.05, 0) is 23.3 Å². The quantitative estimate of drug-likeness (QED) is 0.369. The lowest BCUT2D eigenvalue weighted by Gasteiger charge is -2.47. The van der Waals surface area contributed by atoms with Crippen LogP contribution in [0.15, 0.2) is 45.5 Å². The summed E-state index contributed by atoms with van der Waals surface area (Å²) >= 11 is 13.9. The Kier molecular flexibility index (Phi) is 5.12. The first-order chi connectivity index (χ1) is 16.5. The molecule has 1 aromatic carbocycles. The number of rotatable bonds is 3. The van der Waals surface area contributed by atoms with Crippen LogP contribution in [-0.2, 0) is 23.2 Å². The highest BCUT2D eigenvalue weighted by atomic mass is 35.5. The highest BCUT2D eigenvalue weighted by molar-refractivity contribution is 6.53. The van der Waals surface area contributed by atoms with E-state index in [1.165, 1.54) is 36.6 Å². The summed E-state index contributed by atoms with van der Waals surface area (Å²) in [4.78, 5) is 49.3. The summed E-state index contributed by atoms with van der Waals surface area (Å²) in [7, 11) is 4.12. The van der Waals surface area contributed by atoms with E-state index in [4.69, 9.17) is 27.9 Å². The van der Waals surface area contributed by atoms with Gasteiger partial charge in [-0.1, -0.05) is 24.3 Å². The Hall–Kier alpha value is -3.24. The van der Waals surface area contributed by atoms with Crippen LogP contribution >= 0.6 is 23.2 Å². The van der Waals surface area contributed by atoms with Crippen LogP contribution in [0.3, 0.4) is 0 Å². The van der Waals surface area contributed by atoms with E-state index in [-0.39, 0.29) is 24.5 Å². The van der Waals surface area contributed by atoms with Crippen molar-refractivity contribution in [3.63, 3.8) is 0 Å². The largest absolute Gasteiger partial charge is 0.504 e. The summed E-state index contributed by atoms with van der Waals surface area (Å²) in [6, 6.07) is 3.95. The van der Waals surface area contributed by atoms with Gasteiger partial charge in [0.05, 0.1) is 19.7 Å². The Bertz CT molecular complexity index is 1470. The number of hydrogen-bond donors (Lipinski definition) is 1. The van der Waals surface area contributed by atoms with Gasteiger partial charge < -0.3 is 9.84 Å². The molecule has 0 unspecified atom stereocenters. The fourth-order valence-corrected chi connectivity index (χ4v) is 6.32. The van der Waals surface area contributed by atoms with Crippen LogP contribution in [0.1, 0.15) is 18.0 Å². The van der Waals surface area contributed by atoms with E-state index in [9.17, 15) is 24.3 Å². The first-order valence-electron chi connectivity index (χ1n) is 10.8. The smallest absolute Gasteiger partial charge is 0.347 e. The van der Waals surface area contributed by atoms with Gasteiger partial charge >= 0.3 is 11.4 Å². The number of allylic oxidation sites excluding steroid dienone is 3. The molecule has 10 nitrogen and oxygen atoms in total. The number of fused-ring (bicyclic) bond motifs is 4. The number of hydrogen-bond acceptors (Lipinski definition) is 6. The van der Waals surface area contributed by atoms with Gasteiger partial charge in [-0.2, -0.15) is 0 Å². The molecule has 3 aliphatic rings. The zero-order valence-corrected chi connectivity index (χ0v) is 20.6. The topological polar surface area (TPSA) is 116 Å². The molecule has 4 atom stereocenters. The average molecular weight is 521 g/mol. The molecule has 2 aliphatic heterocycles. The lowest BCUT2D eigenvalue weighted by molar-refractivity contribution is -0.137. The molecule has 0 spiro atoms. The Morgan fingerprint density at radius 2 is 1.83 bits per heavy atom. The average Bonchev–Trinajstić information content (AvgIpc) is 3.14. The number of ether oxygens (including phenoxy) is 1. The standard InChI is InChI=1S/C23H22Cl2N4O6/c1-26-18(31)22(24)11-15-13(8-9-28-20(33)27(2)21(34)29(15)28)14(23(22,25)19(26)32)6-4-12-5-7-16(30)17(10-12)35-3/h4-8,10,14-15,30H,9,11H2,1-3H3/t14-,15+,22+,23-/m0/s1. The highest BCUT2D eigenvalue weighted by Gasteiger charge is 2.74. The predicted molar refractivity (Wildman–Crippen MR) is 128 cm³/mol. The number of benzene rings is 1. The van der Waals surface area contributed by atoms with Gasteiger partial charge in [0.1, 0.15) is 0 Å². The number of alkyl halides is 2. The second kappa shape index (κ2) is 7.63. The molecular formula is C23H22Cl2N4O6. The number of aromatic nitrogens is 3. The summed E-state index contributed by atoms with van der Waals surface area (Å²) in [5.74, 6) is -1.96. The molecule has 2 fully saturated rings. The van der Waals surface area contributed by atoms with E-state index in [1.54, 1.807) is 30.4 Å². The third-order valence-corrected chi connectivity index (χ3v) is 8.64. The normalized spacial score (nSPS) is 29.7. The fraction of sp³-hybridized carbons (Fsp3) is 0.391. The van der Waals surface area contributed by atoms with Gasteiger partial charge in [0.2, 0.25) is 0 Å². The molecule has 12 heteroatoms. The van der Waals surface area contributed by atoms with Crippen molar-refractivity contribution in [1.29, 1.82) is 0 Å². The van der Waals surface area contributed by atoms with Gasteiger partial charge in [0, 0.05) is 26.4 Å². The lowest BCUT2D eigenvalue weighted by Crippen LogP contribution is -2.60. The van der Waals surface area contributed by atoms with Crippen molar-refractivity contribution in [3.8, 4) is 11.5 Å². The van der Waals surface area contributed by atoms with E-state index < -0.39 is 44.9 Å². The van der Waals surface area contributed by atoms with Crippen molar-refractivity contribution in [2.24, 2.45) is 13.0 Å². The molecule has 1 N–H and O–H groups in total. The molecule has 1 saturated heterocycles. The predicted octanol–water partition coefficient (Wildman–Crippen LogP) is 1.23. The van der Waals surface area contributed by atoms with Crippen LogP contribution in [0.4, 0.5) is 0 Å². The monoisotopic (exact) mass is 520 g/mol. The molecule has 2 aromatic rings. The molecule has 1 aromatic heterocycles. The molecule has 3 heterocycles. The number of likely N-dealkylation sites (tertiary alicyclic amines) is 1. The van der Waals surface area contributed by atoms with Gasteiger partial charge in [-0.15, -0.1) is 23.2 Å². The molecular weight excluding hydrogens is 499 g/mol. The molecule has 1 aliphatic carbocycles. The zero-order chi connectivity index (χ0) is 25.4. The zero-order valence-electron chi connectivity index (χ0n) is 19.1. The Morgan fingerprint density at radius 3 is 2.51 bits per heavy atom. The minimum atomic E-state index is -1.85. The second-order valence-corrected chi connectivity index (χ2v) is 10.2. The number of amides is 2. The molecule has 35 heavy (non-hydrogen) atoms. The summed E-state index contributed by atoms with van der Waals surface area (Å²) in [5.41, 5.74) is 0.204. The first kappa shape index (κ1) is 23.5.